The molecular weight excluding hydrogens is 250 g/mol. The van der Waals surface area contributed by atoms with E-state index in [-0.39, 0.29) is 5.69 Å². The summed E-state index contributed by atoms with van der Waals surface area (Å²) in [5, 5.41) is 13.9. The van der Waals surface area contributed by atoms with Gasteiger partial charge in [-0.05, 0) is 24.3 Å². The van der Waals surface area contributed by atoms with Gasteiger partial charge in [-0.1, -0.05) is 0 Å². The van der Waals surface area contributed by atoms with Crippen molar-refractivity contribution in [2.75, 3.05) is 24.3 Å². The second-order valence-corrected chi connectivity index (χ2v) is 4.77. The van der Waals surface area contributed by atoms with Crippen LogP contribution in [0.25, 0.3) is 0 Å². The SMILES string of the molecule is CN(C)c1ccc(Nc2nc(C(=O)O)cs2)cc1. The number of carboxylic acids is 1. The molecule has 0 radical (unpaired) electrons. The fraction of sp³-hybridized carbons (Fsp3) is 0.167. The number of aromatic carboxylic acids is 1. The Morgan fingerprint density at radius 1 is 1.33 bits per heavy atom. The molecule has 0 saturated carbocycles. The van der Waals surface area contributed by atoms with Crippen LogP contribution in [-0.2, 0) is 0 Å². The van der Waals surface area contributed by atoms with Gasteiger partial charge >= 0.3 is 5.97 Å². The van der Waals surface area contributed by atoms with Crippen LogP contribution in [0.2, 0.25) is 0 Å². The van der Waals surface area contributed by atoms with Crippen LogP contribution in [-0.4, -0.2) is 30.2 Å². The van der Waals surface area contributed by atoms with Gasteiger partial charge in [-0.3, -0.25) is 0 Å². The zero-order chi connectivity index (χ0) is 13.1. The number of hydrogen-bond donors (Lipinski definition) is 2. The Morgan fingerprint density at radius 2 is 2.00 bits per heavy atom. The Balaban J connectivity index is 2.10. The number of carbonyl (C=O) groups is 1. The van der Waals surface area contributed by atoms with Crippen LogP contribution in [0.1, 0.15) is 10.5 Å². The minimum atomic E-state index is -1.01. The predicted octanol–water partition coefficient (Wildman–Crippen LogP) is 2.65. The van der Waals surface area contributed by atoms with E-state index in [2.05, 4.69) is 10.3 Å². The molecule has 0 amide bonds. The molecule has 94 valence electrons. The Kier molecular flexibility index (Phi) is 3.47. The minimum absolute atomic E-state index is 0.0624. The van der Waals surface area contributed by atoms with Gasteiger partial charge < -0.3 is 15.3 Å². The maximum absolute atomic E-state index is 10.7. The summed E-state index contributed by atoms with van der Waals surface area (Å²) in [6, 6.07) is 7.82. The predicted molar refractivity (Wildman–Crippen MR) is 73.1 cm³/mol. The summed E-state index contributed by atoms with van der Waals surface area (Å²) >= 11 is 1.27. The maximum atomic E-state index is 10.7. The minimum Gasteiger partial charge on any atom is -0.476 e. The second-order valence-electron chi connectivity index (χ2n) is 3.91. The Labute approximate surface area is 109 Å². The maximum Gasteiger partial charge on any atom is 0.355 e. The highest BCUT2D eigenvalue weighted by molar-refractivity contribution is 7.14. The first kappa shape index (κ1) is 12.4. The van der Waals surface area contributed by atoms with E-state index < -0.39 is 5.97 Å². The van der Waals surface area contributed by atoms with Gasteiger partial charge in [0.15, 0.2) is 10.8 Å². The fourth-order valence-electron chi connectivity index (χ4n) is 1.40. The van der Waals surface area contributed by atoms with E-state index in [9.17, 15) is 4.79 Å². The van der Waals surface area contributed by atoms with Crippen LogP contribution in [0.3, 0.4) is 0 Å². The van der Waals surface area contributed by atoms with E-state index in [1.54, 1.807) is 0 Å². The van der Waals surface area contributed by atoms with E-state index in [0.717, 1.165) is 11.4 Å². The van der Waals surface area contributed by atoms with Crippen molar-refractivity contribution >= 4 is 33.8 Å². The number of rotatable bonds is 4. The summed E-state index contributed by atoms with van der Waals surface area (Å²) < 4.78 is 0. The highest BCUT2D eigenvalue weighted by Crippen LogP contribution is 2.22. The molecule has 0 bridgehead atoms. The topological polar surface area (TPSA) is 65.5 Å². The average Bonchev–Trinajstić information content (AvgIpc) is 2.78. The lowest BCUT2D eigenvalue weighted by Gasteiger charge is -2.12. The highest BCUT2D eigenvalue weighted by Gasteiger charge is 2.08. The van der Waals surface area contributed by atoms with Crippen molar-refractivity contribution in [3.63, 3.8) is 0 Å². The van der Waals surface area contributed by atoms with Gasteiger partial charge in [0.2, 0.25) is 0 Å². The average molecular weight is 263 g/mol. The molecule has 2 N–H and O–H groups in total. The van der Waals surface area contributed by atoms with Crippen LogP contribution in [0.15, 0.2) is 29.6 Å². The summed E-state index contributed by atoms with van der Waals surface area (Å²) in [5.74, 6) is -1.01. The van der Waals surface area contributed by atoms with Crippen molar-refractivity contribution in [3.05, 3.63) is 35.3 Å². The molecule has 1 heterocycles. The van der Waals surface area contributed by atoms with Gasteiger partial charge in [0.05, 0.1) is 0 Å². The normalized spacial score (nSPS) is 10.1. The second kappa shape index (κ2) is 5.05. The molecule has 0 aliphatic rings. The molecule has 1 aromatic carbocycles. The van der Waals surface area contributed by atoms with E-state index in [4.69, 9.17) is 5.11 Å². The third-order valence-electron chi connectivity index (χ3n) is 2.36. The summed E-state index contributed by atoms with van der Waals surface area (Å²) in [5.41, 5.74) is 2.05. The molecular formula is C12H13N3O2S. The molecule has 2 aromatic rings. The lowest BCUT2D eigenvalue weighted by atomic mass is 10.2. The zero-order valence-corrected chi connectivity index (χ0v) is 10.9. The summed E-state index contributed by atoms with van der Waals surface area (Å²) in [7, 11) is 3.95. The number of benzene rings is 1. The van der Waals surface area contributed by atoms with Crippen molar-refractivity contribution in [2.45, 2.75) is 0 Å². The van der Waals surface area contributed by atoms with Gasteiger partial charge in [0.25, 0.3) is 0 Å². The molecule has 1 aromatic heterocycles. The van der Waals surface area contributed by atoms with Gasteiger partial charge in [-0.25, -0.2) is 9.78 Å². The molecule has 18 heavy (non-hydrogen) atoms. The lowest BCUT2D eigenvalue weighted by Crippen LogP contribution is -2.08. The largest absolute Gasteiger partial charge is 0.476 e. The van der Waals surface area contributed by atoms with Crippen LogP contribution < -0.4 is 10.2 Å². The third kappa shape index (κ3) is 2.78. The van der Waals surface area contributed by atoms with Crippen molar-refractivity contribution in [3.8, 4) is 0 Å². The highest BCUT2D eigenvalue weighted by atomic mass is 32.1. The molecule has 0 aliphatic carbocycles. The Hall–Kier alpha value is -2.08. The van der Waals surface area contributed by atoms with Gasteiger partial charge in [-0.15, -0.1) is 11.3 Å². The molecule has 5 nitrogen and oxygen atoms in total. The first-order valence-electron chi connectivity index (χ1n) is 5.29. The fourth-order valence-corrected chi connectivity index (χ4v) is 2.10. The number of nitrogens with one attached hydrogen (secondary N) is 1. The standard InChI is InChI=1S/C12H13N3O2S/c1-15(2)9-5-3-8(4-6-9)13-12-14-10(7-18-12)11(16)17/h3-7H,1-2H3,(H,13,14)(H,16,17). The van der Waals surface area contributed by atoms with E-state index >= 15 is 0 Å². The molecule has 0 aliphatic heterocycles. The Morgan fingerprint density at radius 3 is 2.50 bits per heavy atom. The van der Waals surface area contributed by atoms with Crippen molar-refractivity contribution in [1.29, 1.82) is 0 Å². The Bertz CT molecular complexity index is 549. The zero-order valence-electron chi connectivity index (χ0n) is 10.0. The monoisotopic (exact) mass is 263 g/mol. The van der Waals surface area contributed by atoms with Crippen LogP contribution in [0.5, 0.6) is 0 Å². The number of anilines is 3. The first-order valence-corrected chi connectivity index (χ1v) is 6.17. The van der Waals surface area contributed by atoms with Crippen LogP contribution in [0.4, 0.5) is 16.5 Å². The summed E-state index contributed by atoms with van der Waals surface area (Å²) in [4.78, 5) is 16.7. The molecule has 0 saturated heterocycles. The molecule has 0 spiro atoms. The lowest BCUT2D eigenvalue weighted by molar-refractivity contribution is 0.0691. The smallest absolute Gasteiger partial charge is 0.355 e. The number of thiazole rings is 1. The van der Waals surface area contributed by atoms with Gasteiger partial charge in [0.1, 0.15) is 0 Å². The van der Waals surface area contributed by atoms with Gasteiger partial charge in [-0.2, -0.15) is 0 Å². The summed E-state index contributed by atoms with van der Waals surface area (Å²) in [6.45, 7) is 0. The summed E-state index contributed by atoms with van der Waals surface area (Å²) in [6.07, 6.45) is 0. The number of hydrogen-bond acceptors (Lipinski definition) is 5. The third-order valence-corrected chi connectivity index (χ3v) is 3.12. The first-order chi connectivity index (χ1) is 8.56. The molecule has 0 fully saturated rings. The molecule has 0 atom stereocenters. The van der Waals surface area contributed by atoms with Gasteiger partial charge in [0, 0.05) is 30.9 Å². The van der Waals surface area contributed by atoms with Crippen molar-refractivity contribution in [2.24, 2.45) is 0 Å². The van der Waals surface area contributed by atoms with E-state index in [0.29, 0.717) is 5.13 Å². The number of aromatic nitrogens is 1. The number of carboxylic acid groups (broad SMARTS) is 1. The number of nitrogens with zero attached hydrogens (tertiary/aromatic N) is 2. The van der Waals surface area contributed by atoms with Crippen LogP contribution in [0, 0.1) is 0 Å². The molecule has 0 unspecified atom stereocenters. The molecule has 2 rings (SSSR count). The van der Waals surface area contributed by atoms with Crippen LogP contribution >= 0.6 is 11.3 Å². The van der Waals surface area contributed by atoms with E-state index in [1.807, 2.05) is 43.3 Å². The quantitative estimate of drug-likeness (QED) is 0.887. The molecule has 6 heteroatoms. The van der Waals surface area contributed by atoms with Crippen molar-refractivity contribution < 1.29 is 9.90 Å². The van der Waals surface area contributed by atoms with E-state index in [1.165, 1.54) is 16.7 Å². The van der Waals surface area contributed by atoms with Crippen molar-refractivity contribution in [1.82, 2.24) is 4.98 Å².